The number of rotatable bonds is 4. The summed E-state index contributed by atoms with van der Waals surface area (Å²) in [4.78, 5) is 29.0. The van der Waals surface area contributed by atoms with Crippen LogP contribution in [0.4, 0.5) is 0 Å². The summed E-state index contributed by atoms with van der Waals surface area (Å²) >= 11 is 1.68. The summed E-state index contributed by atoms with van der Waals surface area (Å²) in [5.74, 6) is 1.47. The van der Waals surface area contributed by atoms with Gasteiger partial charge in [-0.15, -0.1) is 11.8 Å². The number of amides is 2. The van der Waals surface area contributed by atoms with Gasteiger partial charge in [0.2, 0.25) is 5.91 Å². The Hall–Kier alpha value is -2.93. The molecule has 6 nitrogen and oxygen atoms in total. The predicted molar refractivity (Wildman–Crippen MR) is 138 cm³/mol. The first-order chi connectivity index (χ1) is 16.9. The molecular formula is C28H32N2O4S. The van der Waals surface area contributed by atoms with Crippen LogP contribution >= 0.6 is 11.8 Å². The molecule has 1 saturated carbocycles. The second-order valence-corrected chi connectivity index (χ2v) is 10.9. The Bertz CT molecular complexity index is 1160. The third kappa shape index (κ3) is 4.92. The molecule has 4 unspecified atom stereocenters. The second-order valence-electron chi connectivity index (χ2n) is 9.65. The highest BCUT2D eigenvalue weighted by Crippen LogP contribution is 2.43. The van der Waals surface area contributed by atoms with Crippen LogP contribution in [0.2, 0.25) is 0 Å². The molecule has 184 valence electrons. The van der Waals surface area contributed by atoms with E-state index in [-0.39, 0.29) is 29.8 Å². The standard InChI is InChI=1S/C28H32N2O4S/c1-17-6-4-5-7-19(17)16-26-28(32)30(3)22-14-21(9-11-25(22)35-26)27(31)29-18(2)20-8-10-23-24(15-20)34-13-12-33-23/h4-8,10,15-16,18,21-22,25H,9,11-14H2,1-3H3,(H,29,31)/b26-16-. The molecule has 1 N–H and O–H groups in total. The average Bonchev–Trinajstić information content (AvgIpc) is 2.87. The van der Waals surface area contributed by atoms with Crippen LogP contribution in [0.1, 0.15) is 48.9 Å². The molecule has 7 heteroatoms. The van der Waals surface area contributed by atoms with Gasteiger partial charge in [0.05, 0.1) is 10.9 Å². The Morgan fingerprint density at radius 1 is 1.14 bits per heavy atom. The number of nitrogens with zero attached hydrogens (tertiary/aromatic N) is 1. The molecule has 2 fully saturated rings. The van der Waals surface area contributed by atoms with E-state index in [2.05, 4.69) is 18.3 Å². The lowest BCUT2D eigenvalue weighted by molar-refractivity contribution is -0.132. The molecule has 2 heterocycles. The van der Waals surface area contributed by atoms with Crippen molar-refractivity contribution >= 4 is 29.7 Å². The van der Waals surface area contributed by atoms with E-state index in [0.717, 1.165) is 45.9 Å². The first kappa shape index (κ1) is 23.8. The summed E-state index contributed by atoms with van der Waals surface area (Å²) in [7, 11) is 1.88. The van der Waals surface area contributed by atoms with E-state index in [9.17, 15) is 9.59 Å². The first-order valence-electron chi connectivity index (χ1n) is 12.3. The first-order valence-corrected chi connectivity index (χ1v) is 13.2. The minimum atomic E-state index is -0.139. The van der Waals surface area contributed by atoms with Gasteiger partial charge < -0.3 is 19.7 Å². The molecule has 1 aliphatic carbocycles. The zero-order valence-corrected chi connectivity index (χ0v) is 21.3. The molecule has 3 aliphatic rings. The minimum absolute atomic E-state index is 0.0465. The number of aryl methyl sites for hydroxylation is 1. The highest BCUT2D eigenvalue weighted by atomic mass is 32.2. The Labute approximate surface area is 211 Å². The maximum atomic E-state index is 13.2. The maximum absolute atomic E-state index is 13.2. The van der Waals surface area contributed by atoms with Gasteiger partial charge in [0.15, 0.2) is 11.5 Å². The Morgan fingerprint density at radius 2 is 1.91 bits per heavy atom. The third-order valence-corrected chi connectivity index (χ3v) is 8.73. The quantitative estimate of drug-likeness (QED) is 0.625. The number of likely N-dealkylation sites (N-methyl/N-ethyl adjacent to an activating group) is 1. The molecule has 2 aliphatic heterocycles. The monoisotopic (exact) mass is 492 g/mol. The molecule has 2 aromatic rings. The number of benzene rings is 2. The van der Waals surface area contributed by atoms with Gasteiger partial charge >= 0.3 is 0 Å². The number of carbonyl (C=O) groups is 2. The lowest BCUT2D eigenvalue weighted by Crippen LogP contribution is -2.52. The number of ether oxygens (including phenoxy) is 2. The summed E-state index contributed by atoms with van der Waals surface area (Å²) in [6.07, 6.45) is 4.45. The van der Waals surface area contributed by atoms with Crippen molar-refractivity contribution < 1.29 is 19.1 Å². The fraction of sp³-hybridized carbons (Fsp3) is 0.429. The van der Waals surface area contributed by atoms with Gasteiger partial charge in [-0.25, -0.2) is 0 Å². The highest BCUT2D eigenvalue weighted by molar-refractivity contribution is 8.04. The Morgan fingerprint density at radius 3 is 2.71 bits per heavy atom. The van der Waals surface area contributed by atoms with E-state index >= 15 is 0 Å². The van der Waals surface area contributed by atoms with Crippen molar-refractivity contribution in [2.75, 3.05) is 20.3 Å². The molecule has 0 spiro atoms. The topological polar surface area (TPSA) is 67.9 Å². The summed E-state index contributed by atoms with van der Waals surface area (Å²) < 4.78 is 11.3. The van der Waals surface area contributed by atoms with Crippen molar-refractivity contribution in [3.05, 3.63) is 64.1 Å². The van der Waals surface area contributed by atoms with Crippen molar-refractivity contribution in [2.24, 2.45) is 5.92 Å². The highest BCUT2D eigenvalue weighted by Gasteiger charge is 2.43. The molecule has 5 rings (SSSR count). The summed E-state index contributed by atoms with van der Waals surface area (Å²) in [5, 5.41) is 3.50. The van der Waals surface area contributed by atoms with Gasteiger partial charge in [-0.2, -0.15) is 0 Å². The van der Waals surface area contributed by atoms with Crippen molar-refractivity contribution in [1.29, 1.82) is 0 Å². The van der Waals surface area contributed by atoms with Crippen LogP contribution in [-0.4, -0.2) is 48.3 Å². The number of hydrogen-bond acceptors (Lipinski definition) is 5. The van der Waals surface area contributed by atoms with E-state index < -0.39 is 0 Å². The summed E-state index contributed by atoms with van der Waals surface area (Å²) in [6.45, 7) is 5.14. The molecule has 0 bridgehead atoms. The van der Waals surface area contributed by atoms with Gasteiger partial charge in [0.1, 0.15) is 13.2 Å². The number of hydrogen-bond donors (Lipinski definition) is 1. The lowest BCUT2D eigenvalue weighted by atomic mass is 9.83. The summed E-state index contributed by atoms with van der Waals surface area (Å²) in [6, 6.07) is 13.9. The van der Waals surface area contributed by atoms with Crippen LogP contribution in [0.5, 0.6) is 11.5 Å². The third-order valence-electron chi connectivity index (χ3n) is 7.33. The Balaban J connectivity index is 1.23. The van der Waals surface area contributed by atoms with Crippen LogP contribution in [0.15, 0.2) is 47.4 Å². The van der Waals surface area contributed by atoms with Crippen LogP contribution in [0.3, 0.4) is 0 Å². The maximum Gasteiger partial charge on any atom is 0.260 e. The van der Waals surface area contributed by atoms with Gasteiger partial charge in [0, 0.05) is 24.3 Å². The van der Waals surface area contributed by atoms with Gasteiger partial charge in [-0.05, 0) is 68.0 Å². The fourth-order valence-corrected chi connectivity index (χ4v) is 6.64. The second kappa shape index (κ2) is 9.97. The van der Waals surface area contributed by atoms with Gasteiger partial charge in [0.25, 0.3) is 5.91 Å². The van der Waals surface area contributed by atoms with Crippen LogP contribution < -0.4 is 14.8 Å². The van der Waals surface area contributed by atoms with Gasteiger partial charge in [-0.1, -0.05) is 30.3 Å². The fourth-order valence-electron chi connectivity index (χ4n) is 5.17. The number of fused-ring (bicyclic) bond motifs is 2. The van der Waals surface area contributed by atoms with E-state index in [0.29, 0.717) is 24.9 Å². The van der Waals surface area contributed by atoms with E-state index in [1.165, 1.54) is 0 Å². The van der Waals surface area contributed by atoms with Crippen molar-refractivity contribution in [2.45, 2.75) is 50.4 Å². The SMILES string of the molecule is Cc1ccccc1/C=C1\SC2CCC(C(=O)NC(C)c3ccc4c(c3)OCCO4)CC2N(C)C1=O. The predicted octanol–water partition coefficient (Wildman–Crippen LogP) is 4.73. The molecule has 4 atom stereocenters. The van der Waals surface area contributed by atoms with E-state index in [1.54, 1.807) is 11.8 Å². The van der Waals surface area contributed by atoms with Crippen molar-refractivity contribution in [1.82, 2.24) is 10.2 Å². The smallest absolute Gasteiger partial charge is 0.260 e. The number of thioether (sulfide) groups is 1. The van der Waals surface area contributed by atoms with Crippen molar-refractivity contribution in [3.8, 4) is 11.5 Å². The zero-order chi connectivity index (χ0) is 24.5. The van der Waals surface area contributed by atoms with Gasteiger partial charge in [-0.3, -0.25) is 9.59 Å². The normalized spacial score (nSPS) is 25.7. The van der Waals surface area contributed by atoms with Crippen LogP contribution in [-0.2, 0) is 9.59 Å². The Kier molecular flexibility index (Phi) is 6.78. The molecule has 2 amide bonds. The van der Waals surface area contributed by atoms with E-state index in [1.807, 2.05) is 61.3 Å². The molecule has 2 aromatic carbocycles. The molecule has 0 aromatic heterocycles. The van der Waals surface area contributed by atoms with E-state index in [4.69, 9.17) is 9.47 Å². The number of carbonyl (C=O) groups excluding carboxylic acids is 2. The zero-order valence-electron chi connectivity index (χ0n) is 20.5. The average molecular weight is 493 g/mol. The lowest BCUT2D eigenvalue weighted by Gasteiger charge is -2.44. The summed E-state index contributed by atoms with van der Waals surface area (Å²) in [5.41, 5.74) is 3.23. The minimum Gasteiger partial charge on any atom is -0.486 e. The van der Waals surface area contributed by atoms with Crippen LogP contribution in [0.25, 0.3) is 6.08 Å². The molecule has 1 saturated heterocycles. The molecular weight excluding hydrogens is 460 g/mol. The largest absolute Gasteiger partial charge is 0.486 e. The number of nitrogens with one attached hydrogen (secondary N) is 1. The van der Waals surface area contributed by atoms with Crippen molar-refractivity contribution in [3.63, 3.8) is 0 Å². The molecule has 35 heavy (non-hydrogen) atoms. The van der Waals surface area contributed by atoms with Crippen LogP contribution in [0, 0.1) is 12.8 Å². The molecule has 0 radical (unpaired) electrons.